The van der Waals surface area contributed by atoms with Crippen LogP contribution in [0.15, 0.2) is 40.7 Å². The molecule has 1 aromatic heterocycles. The summed E-state index contributed by atoms with van der Waals surface area (Å²) >= 11 is 1.33. The van der Waals surface area contributed by atoms with Crippen LogP contribution in [0.4, 0.5) is 0 Å². The van der Waals surface area contributed by atoms with Crippen LogP contribution in [0.25, 0.3) is 10.6 Å². The first-order valence-corrected chi connectivity index (χ1v) is 5.09. The summed E-state index contributed by atoms with van der Waals surface area (Å²) in [5.74, 6) is 0. The van der Waals surface area contributed by atoms with E-state index in [-0.39, 0.29) is 0 Å². The molecule has 2 rings (SSSR count). The van der Waals surface area contributed by atoms with Gasteiger partial charge in [-0.05, 0) is 0 Å². The highest BCUT2D eigenvalue weighted by Gasteiger charge is 2.03. The van der Waals surface area contributed by atoms with Crippen molar-refractivity contribution in [3.8, 4) is 10.6 Å². The molecule has 0 aliphatic heterocycles. The van der Waals surface area contributed by atoms with E-state index in [9.17, 15) is 4.91 Å². The van der Waals surface area contributed by atoms with E-state index in [1.54, 1.807) is 7.05 Å². The molecule has 0 N–H and O–H groups in total. The van der Waals surface area contributed by atoms with Gasteiger partial charge in [-0.15, -0.1) is 4.91 Å². The van der Waals surface area contributed by atoms with Crippen molar-refractivity contribution in [3.63, 3.8) is 0 Å². The Morgan fingerprint density at radius 1 is 1.33 bits per heavy atom. The number of rotatable bonds is 2. The van der Waals surface area contributed by atoms with Gasteiger partial charge in [0.1, 0.15) is 5.01 Å². The van der Waals surface area contributed by atoms with Gasteiger partial charge in [-0.1, -0.05) is 46.8 Å². The first-order valence-electron chi connectivity index (χ1n) is 4.27. The Morgan fingerprint density at radius 3 is 2.73 bits per heavy atom. The second-order valence-electron chi connectivity index (χ2n) is 2.86. The van der Waals surface area contributed by atoms with Gasteiger partial charge in [0.2, 0.25) is 4.80 Å². The molecule has 0 unspecified atom stereocenters. The summed E-state index contributed by atoms with van der Waals surface area (Å²) in [5.41, 5.74) is 1.01. The van der Waals surface area contributed by atoms with Crippen molar-refractivity contribution in [2.75, 3.05) is 0 Å². The zero-order valence-corrected chi connectivity index (χ0v) is 8.81. The number of aryl methyl sites for hydroxylation is 1. The Hall–Kier alpha value is -1.82. The lowest BCUT2D eigenvalue weighted by Gasteiger charge is -1.91. The fraction of sp³-hybridized carbons (Fsp3) is 0.111. The van der Waals surface area contributed by atoms with E-state index in [0.717, 1.165) is 10.6 Å². The van der Waals surface area contributed by atoms with Crippen LogP contribution in [0.1, 0.15) is 0 Å². The number of aromatic nitrogens is 2. The van der Waals surface area contributed by atoms with Gasteiger partial charge >= 0.3 is 0 Å². The van der Waals surface area contributed by atoms with Crippen molar-refractivity contribution in [1.29, 1.82) is 0 Å². The molecule has 0 fully saturated rings. The molecule has 0 bridgehead atoms. The van der Waals surface area contributed by atoms with Crippen molar-refractivity contribution >= 4 is 11.3 Å². The highest BCUT2D eigenvalue weighted by Crippen LogP contribution is 2.17. The summed E-state index contributed by atoms with van der Waals surface area (Å²) in [5, 5.41) is 11.0. The van der Waals surface area contributed by atoms with E-state index in [1.165, 1.54) is 16.0 Å². The molecule has 15 heavy (non-hydrogen) atoms. The molecule has 0 amide bonds. The zero-order chi connectivity index (χ0) is 10.7. The van der Waals surface area contributed by atoms with E-state index >= 15 is 0 Å². The molecule has 1 heterocycles. The minimum atomic E-state index is 0.490. The fourth-order valence-electron chi connectivity index (χ4n) is 1.17. The topological polar surface area (TPSA) is 59.6 Å². The van der Waals surface area contributed by atoms with Gasteiger partial charge in [0.15, 0.2) is 0 Å². The minimum Gasteiger partial charge on any atom is -0.239 e. The second-order valence-corrected chi connectivity index (χ2v) is 3.82. The van der Waals surface area contributed by atoms with Crippen LogP contribution in [0.5, 0.6) is 0 Å². The molecular weight excluding hydrogens is 212 g/mol. The lowest BCUT2D eigenvalue weighted by Crippen LogP contribution is -2.10. The highest BCUT2D eigenvalue weighted by molar-refractivity contribution is 7.12. The molecule has 0 atom stereocenters. The minimum absolute atomic E-state index is 0.490. The molecule has 6 heteroatoms. The summed E-state index contributed by atoms with van der Waals surface area (Å²) in [6.07, 6.45) is 0. The predicted octanol–water partition coefficient (Wildman–Crippen LogP) is 1.73. The molecule has 0 spiro atoms. The number of nitroso groups, excluding NO2 is 1. The van der Waals surface area contributed by atoms with Crippen molar-refractivity contribution in [1.82, 2.24) is 9.78 Å². The van der Waals surface area contributed by atoms with E-state index in [1.807, 2.05) is 30.3 Å². The maximum atomic E-state index is 10.0. The Labute approximate surface area is 89.7 Å². The van der Waals surface area contributed by atoms with Gasteiger partial charge in [-0.2, -0.15) is 5.10 Å². The quantitative estimate of drug-likeness (QED) is 0.571. The first-order chi connectivity index (χ1) is 7.31. The molecule has 1 aromatic carbocycles. The Balaban J connectivity index is 2.52. The Kier molecular flexibility index (Phi) is 2.68. The molecule has 76 valence electrons. The number of nitrogens with zero attached hydrogens (tertiary/aromatic N) is 4. The SMILES string of the molecule is Cn1nc(-c2ccccc2)s/c1=N\N=O. The average molecular weight is 220 g/mol. The smallest absolute Gasteiger partial charge is 0.232 e. The van der Waals surface area contributed by atoms with Crippen LogP contribution in [-0.4, -0.2) is 9.78 Å². The molecule has 0 saturated heterocycles. The van der Waals surface area contributed by atoms with Crippen LogP contribution >= 0.6 is 11.3 Å². The van der Waals surface area contributed by atoms with Crippen LogP contribution in [0.2, 0.25) is 0 Å². The van der Waals surface area contributed by atoms with E-state index in [0.29, 0.717) is 4.80 Å². The molecular formula is C9H8N4OS. The maximum Gasteiger partial charge on any atom is 0.232 e. The third kappa shape index (κ3) is 1.99. The molecule has 0 aliphatic carbocycles. The van der Waals surface area contributed by atoms with Crippen LogP contribution in [0.3, 0.4) is 0 Å². The average Bonchev–Trinajstić information content (AvgIpc) is 2.63. The van der Waals surface area contributed by atoms with Gasteiger partial charge < -0.3 is 0 Å². The van der Waals surface area contributed by atoms with Crippen molar-refractivity contribution in [2.24, 2.45) is 17.4 Å². The summed E-state index contributed by atoms with van der Waals surface area (Å²) in [4.78, 5) is 10.5. The van der Waals surface area contributed by atoms with Gasteiger partial charge in [0.25, 0.3) is 0 Å². The van der Waals surface area contributed by atoms with Gasteiger partial charge in [-0.25, -0.2) is 4.68 Å². The number of hydrogen-bond donors (Lipinski definition) is 0. The Morgan fingerprint density at radius 2 is 2.07 bits per heavy atom. The van der Waals surface area contributed by atoms with Gasteiger partial charge in [-0.3, -0.25) is 0 Å². The molecule has 0 saturated carbocycles. The zero-order valence-electron chi connectivity index (χ0n) is 7.99. The monoisotopic (exact) mass is 220 g/mol. The summed E-state index contributed by atoms with van der Waals surface area (Å²) < 4.78 is 1.54. The van der Waals surface area contributed by atoms with E-state index in [2.05, 4.69) is 15.5 Å². The van der Waals surface area contributed by atoms with Crippen LogP contribution in [-0.2, 0) is 7.05 Å². The first kappa shape index (κ1) is 9.72. The maximum absolute atomic E-state index is 10.0. The second kappa shape index (κ2) is 4.14. The van der Waals surface area contributed by atoms with Gasteiger partial charge in [0, 0.05) is 12.6 Å². The van der Waals surface area contributed by atoms with Crippen LogP contribution < -0.4 is 4.80 Å². The third-order valence-corrected chi connectivity index (χ3v) is 2.89. The summed E-state index contributed by atoms with van der Waals surface area (Å²) in [6, 6.07) is 9.72. The molecule has 5 nitrogen and oxygen atoms in total. The fourth-order valence-corrected chi connectivity index (χ4v) is 2.01. The van der Waals surface area contributed by atoms with Gasteiger partial charge in [0.05, 0.1) is 5.29 Å². The van der Waals surface area contributed by atoms with E-state index in [4.69, 9.17) is 0 Å². The lowest BCUT2D eigenvalue weighted by atomic mass is 10.2. The van der Waals surface area contributed by atoms with Crippen molar-refractivity contribution in [3.05, 3.63) is 40.0 Å². The standard InChI is InChI=1S/C9H8N4OS/c1-13-9(10-12-14)15-8(11-13)7-5-3-2-4-6-7/h2-6H,1H3/b10-9-. The van der Waals surface area contributed by atoms with Crippen molar-refractivity contribution < 1.29 is 0 Å². The number of hydrogen-bond acceptors (Lipinski definition) is 4. The van der Waals surface area contributed by atoms with Crippen molar-refractivity contribution in [2.45, 2.75) is 0 Å². The molecule has 0 aliphatic rings. The Bertz CT molecular complexity index is 529. The van der Waals surface area contributed by atoms with E-state index < -0.39 is 0 Å². The number of benzene rings is 1. The normalized spacial score (nSPS) is 11.7. The largest absolute Gasteiger partial charge is 0.239 e. The highest BCUT2D eigenvalue weighted by atomic mass is 32.1. The van der Waals surface area contributed by atoms with Crippen LogP contribution in [0, 0.1) is 4.91 Å². The third-order valence-electron chi connectivity index (χ3n) is 1.85. The molecule has 2 aromatic rings. The lowest BCUT2D eigenvalue weighted by molar-refractivity contribution is 0.723. The predicted molar refractivity (Wildman–Crippen MR) is 57.9 cm³/mol. The summed E-state index contributed by atoms with van der Waals surface area (Å²) in [7, 11) is 1.73. The molecule has 0 radical (unpaired) electrons. The summed E-state index contributed by atoms with van der Waals surface area (Å²) in [6.45, 7) is 0.